The first-order chi connectivity index (χ1) is 11.4. The fourth-order valence-corrected chi connectivity index (χ4v) is 3.23. The van der Waals surface area contributed by atoms with Crippen molar-refractivity contribution in [1.82, 2.24) is 10.6 Å². The molecule has 1 aliphatic rings. The molecule has 2 amide bonds. The van der Waals surface area contributed by atoms with Crippen LogP contribution in [0.5, 0.6) is 0 Å². The molecule has 5 heteroatoms. The van der Waals surface area contributed by atoms with Gasteiger partial charge in [-0.2, -0.15) is 0 Å². The first kappa shape index (κ1) is 18.7. The van der Waals surface area contributed by atoms with E-state index in [0.717, 1.165) is 31.2 Å². The zero-order chi connectivity index (χ0) is 17.5. The van der Waals surface area contributed by atoms with E-state index < -0.39 is 0 Å². The third-order valence-electron chi connectivity index (χ3n) is 4.80. The van der Waals surface area contributed by atoms with Gasteiger partial charge >= 0.3 is 6.03 Å². The molecule has 3 unspecified atom stereocenters. The van der Waals surface area contributed by atoms with Gasteiger partial charge in [-0.15, -0.1) is 0 Å². The number of hydrogen-bond acceptors (Lipinski definition) is 2. The molecule has 0 heterocycles. The van der Waals surface area contributed by atoms with Crippen LogP contribution in [0.25, 0.3) is 0 Å². The number of halogens is 1. The smallest absolute Gasteiger partial charge is 0.315 e. The number of hydrogen-bond donors (Lipinski definition) is 3. The predicted molar refractivity (Wildman–Crippen MR) is 93.2 cm³/mol. The monoisotopic (exact) mass is 336 g/mol. The van der Waals surface area contributed by atoms with Gasteiger partial charge in [-0.1, -0.05) is 32.4 Å². The number of carbonyl (C=O) groups is 1. The molecule has 134 valence electrons. The lowest BCUT2D eigenvalue weighted by atomic mass is 9.87. The molecule has 3 N–H and O–H groups in total. The largest absolute Gasteiger partial charge is 0.393 e. The van der Waals surface area contributed by atoms with Crippen LogP contribution in [0.1, 0.15) is 45.1 Å². The van der Waals surface area contributed by atoms with E-state index in [4.69, 9.17) is 0 Å². The summed E-state index contributed by atoms with van der Waals surface area (Å²) in [7, 11) is 0. The Bertz CT molecular complexity index is 519. The van der Waals surface area contributed by atoms with Gasteiger partial charge in [0.25, 0.3) is 0 Å². The number of rotatable bonds is 6. The molecule has 1 aromatic carbocycles. The molecule has 1 fully saturated rings. The van der Waals surface area contributed by atoms with Crippen molar-refractivity contribution in [3.63, 3.8) is 0 Å². The van der Waals surface area contributed by atoms with Gasteiger partial charge in [-0.3, -0.25) is 0 Å². The number of amides is 2. The zero-order valence-corrected chi connectivity index (χ0v) is 14.6. The highest BCUT2D eigenvalue weighted by Crippen LogP contribution is 2.23. The van der Waals surface area contributed by atoms with Crippen LogP contribution in [0.3, 0.4) is 0 Å². The van der Waals surface area contributed by atoms with E-state index in [0.29, 0.717) is 18.9 Å². The quantitative estimate of drug-likeness (QED) is 0.747. The maximum Gasteiger partial charge on any atom is 0.315 e. The summed E-state index contributed by atoms with van der Waals surface area (Å²) in [4.78, 5) is 12.2. The third kappa shape index (κ3) is 6.11. The van der Waals surface area contributed by atoms with Crippen molar-refractivity contribution in [3.05, 3.63) is 35.6 Å². The van der Waals surface area contributed by atoms with Crippen LogP contribution < -0.4 is 10.6 Å². The molecular formula is C19H29FN2O2. The molecule has 24 heavy (non-hydrogen) atoms. The number of urea groups is 1. The molecule has 3 atom stereocenters. The Balaban J connectivity index is 1.81. The fourth-order valence-electron chi connectivity index (χ4n) is 3.23. The zero-order valence-electron chi connectivity index (χ0n) is 14.6. The van der Waals surface area contributed by atoms with Gasteiger partial charge in [-0.05, 0) is 55.2 Å². The van der Waals surface area contributed by atoms with Gasteiger partial charge in [0, 0.05) is 12.6 Å². The Hall–Kier alpha value is -1.62. The molecule has 0 saturated heterocycles. The van der Waals surface area contributed by atoms with Gasteiger partial charge in [0.15, 0.2) is 0 Å². The number of nitrogens with one attached hydrogen (secondary N) is 2. The summed E-state index contributed by atoms with van der Waals surface area (Å²) in [6.45, 7) is 4.72. The maximum absolute atomic E-state index is 13.0. The van der Waals surface area contributed by atoms with E-state index in [-0.39, 0.29) is 29.9 Å². The lowest BCUT2D eigenvalue weighted by molar-refractivity contribution is 0.101. The van der Waals surface area contributed by atoms with E-state index in [2.05, 4.69) is 24.5 Å². The molecule has 0 aliphatic heterocycles. The molecule has 0 spiro atoms. The highest BCUT2D eigenvalue weighted by atomic mass is 19.1. The minimum absolute atomic E-state index is 0.00703. The number of carbonyl (C=O) groups excluding carboxylic acids is 1. The lowest BCUT2D eigenvalue weighted by Gasteiger charge is -2.27. The van der Waals surface area contributed by atoms with Gasteiger partial charge in [0.05, 0.1) is 6.10 Å². The highest BCUT2D eigenvalue weighted by Gasteiger charge is 2.21. The van der Waals surface area contributed by atoms with Gasteiger partial charge in [0.1, 0.15) is 5.82 Å². The number of benzene rings is 1. The van der Waals surface area contributed by atoms with Crippen molar-refractivity contribution < 1.29 is 14.3 Å². The van der Waals surface area contributed by atoms with E-state index >= 15 is 0 Å². The van der Waals surface area contributed by atoms with E-state index in [1.807, 2.05) is 0 Å². The predicted octanol–water partition coefficient (Wildman–Crippen LogP) is 3.24. The maximum atomic E-state index is 13.0. The minimum atomic E-state index is -0.250. The molecule has 1 saturated carbocycles. The summed E-state index contributed by atoms with van der Waals surface area (Å²) in [5.41, 5.74) is 1.01. The Labute approximate surface area is 143 Å². The topological polar surface area (TPSA) is 61.4 Å². The van der Waals surface area contributed by atoms with Crippen molar-refractivity contribution in [3.8, 4) is 0 Å². The second-order valence-corrected chi connectivity index (χ2v) is 7.22. The molecule has 1 aromatic rings. The third-order valence-corrected chi connectivity index (χ3v) is 4.80. The first-order valence-corrected chi connectivity index (χ1v) is 8.91. The second-order valence-electron chi connectivity index (χ2n) is 7.22. The average Bonchev–Trinajstić information content (AvgIpc) is 2.54. The van der Waals surface area contributed by atoms with Crippen LogP contribution in [-0.2, 0) is 6.42 Å². The summed E-state index contributed by atoms with van der Waals surface area (Å²) < 4.78 is 13.0. The van der Waals surface area contributed by atoms with Crippen LogP contribution in [0.4, 0.5) is 9.18 Å². The van der Waals surface area contributed by atoms with Crippen LogP contribution in [-0.4, -0.2) is 29.8 Å². The summed E-state index contributed by atoms with van der Waals surface area (Å²) in [6, 6.07) is 6.23. The van der Waals surface area contributed by atoms with E-state index in [1.54, 1.807) is 12.1 Å². The standard InChI is InChI=1S/C19H29FN2O2/c1-13(2)18(11-14-6-8-16(20)9-7-14)22-19(24)21-12-15-4-3-5-17(23)10-15/h6-9,13,15,17-18,23H,3-5,10-12H2,1-2H3,(H2,21,22,24). The van der Waals surface area contributed by atoms with Gasteiger partial charge in [0.2, 0.25) is 0 Å². The Morgan fingerprint density at radius 2 is 2.00 bits per heavy atom. The highest BCUT2D eigenvalue weighted by molar-refractivity contribution is 5.74. The van der Waals surface area contributed by atoms with Crippen molar-refractivity contribution in [2.24, 2.45) is 11.8 Å². The SMILES string of the molecule is CC(C)C(Cc1ccc(F)cc1)NC(=O)NCC1CCCC(O)C1. The van der Waals surface area contributed by atoms with E-state index in [1.165, 1.54) is 12.1 Å². The van der Waals surface area contributed by atoms with Crippen LogP contribution >= 0.6 is 0 Å². The molecule has 0 radical (unpaired) electrons. The number of aliphatic hydroxyl groups is 1. The first-order valence-electron chi connectivity index (χ1n) is 8.91. The number of aliphatic hydroxyl groups excluding tert-OH is 1. The second kappa shape index (κ2) is 9.02. The summed E-state index contributed by atoms with van der Waals surface area (Å²) in [6.07, 6.45) is 4.16. The van der Waals surface area contributed by atoms with Crippen molar-refractivity contribution in [2.75, 3.05) is 6.54 Å². The van der Waals surface area contributed by atoms with Gasteiger partial charge in [-0.25, -0.2) is 9.18 Å². The average molecular weight is 336 g/mol. The van der Waals surface area contributed by atoms with Crippen LogP contribution in [0, 0.1) is 17.7 Å². The molecule has 0 bridgehead atoms. The lowest BCUT2D eigenvalue weighted by Crippen LogP contribution is -2.47. The van der Waals surface area contributed by atoms with E-state index in [9.17, 15) is 14.3 Å². The van der Waals surface area contributed by atoms with Gasteiger partial charge < -0.3 is 15.7 Å². The molecule has 1 aliphatic carbocycles. The Morgan fingerprint density at radius 3 is 2.62 bits per heavy atom. The fraction of sp³-hybridized carbons (Fsp3) is 0.632. The summed E-state index contributed by atoms with van der Waals surface area (Å²) in [5.74, 6) is 0.381. The van der Waals surface area contributed by atoms with Crippen molar-refractivity contribution in [1.29, 1.82) is 0 Å². The van der Waals surface area contributed by atoms with Crippen LogP contribution in [0.2, 0.25) is 0 Å². The Morgan fingerprint density at radius 1 is 1.29 bits per heavy atom. The van der Waals surface area contributed by atoms with Crippen LogP contribution in [0.15, 0.2) is 24.3 Å². The normalized spacial score (nSPS) is 22.2. The van der Waals surface area contributed by atoms with Crippen molar-refractivity contribution >= 4 is 6.03 Å². The van der Waals surface area contributed by atoms with Crippen molar-refractivity contribution in [2.45, 2.75) is 58.1 Å². The summed E-state index contributed by atoms with van der Waals surface area (Å²) >= 11 is 0. The molecule has 2 rings (SSSR count). The molecule has 4 nitrogen and oxygen atoms in total. The summed E-state index contributed by atoms with van der Waals surface area (Å²) in [5, 5.41) is 15.6. The molecular weight excluding hydrogens is 307 g/mol. The molecule has 0 aromatic heterocycles. The minimum Gasteiger partial charge on any atom is -0.393 e. The Kier molecular flexibility index (Phi) is 7.03.